The summed E-state index contributed by atoms with van der Waals surface area (Å²) in [6.07, 6.45) is 3.98. The quantitative estimate of drug-likeness (QED) is 0.526. The Morgan fingerprint density at radius 1 is 0.900 bits per heavy atom. The van der Waals surface area contributed by atoms with Crippen molar-refractivity contribution >= 4 is 11.6 Å². The molecule has 1 amide bonds. The van der Waals surface area contributed by atoms with Crippen LogP contribution >= 0.6 is 0 Å². The molecule has 3 nitrogen and oxygen atoms in total. The maximum Gasteiger partial charge on any atom is 0.235 e. The number of aryl methyl sites for hydroxylation is 2. The predicted molar refractivity (Wildman–Crippen MR) is 122 cm³/mol. The van der Waals surface area contributed by atoms with Gasteiger partial charge in [-0.2, -0.15) is 0 Å². The SMILES string of the molecule is Cc1cc(NC(=O)C2(c3ccccc3)CCCC2)cc(C)c1OCc1ccccc1. The van der Waals surface area contributed by atoms with Crippen LogP contribution < -0.4 is 10.1 Å². The molecule has 0 aliphatic heterocycles. The molecule has 1 aliphatic rings. The van der Waals surface area contributed by atoms with Crippen LogP contribution in [0, 0.1) is 13.8 Å². The minimum Gasteiger partial charge on any atom is -0.488 e. The lowest BCUT2D eigenvalue weighted by Crippen LogP contribution is -2.38. The van der Waals surface area contributed by atoms with Crippen molar-refractivity contribution in [2.24, 2.45) is 0 Å². The summed E-state index contributed by atoms with van der Waals surface area (Å²) in [5.74, 6) is 0.985. The van der Waals surface area contributed by atoms with Crippen molar-refractivity contribution in [2.75, 3.05) is 5.32 Å². The molecule has 1 N–H and O–H groups in total. The normalized spacial score (nSPS) is 15.0. The van der Waals surface area contributed by atoms with Gasteiger partial charge in [0.2, 0.25) is 5.91 Å². The maximum atomic E-state index is 13.4. The Hall–Kier alpha value is -3.07. The zero-order chi connectivity index (χ0) is 21.0. The summed E-state index contributed by atoms with van der Waals surface area (Å²) in [5.41, 5.74) is 4.73. The molecule has 0 aromatic heterocycles. The molecule has 154 valence electrons. The number of hydrogen-bond donors (Lipinski definition) is 1. The number of carbonyl (C=O) groups excluding carboxylic acids is 1. The van der Waals surface area contributed by atoms with Crippen molar-refractivity contribution in [3.05, 3.63) is 95.1 Å². The zero-order valence-corrected chi connectivity index (χ0v) is 17.8. The highest BCUT2D eigenvalue weighted by atomic mass is 16.5. The van der Waals surface area contributed by atoms with Crippen LogP contribution in [-0.2, 0) is 16.8 Å². The second-order valence-corrected chi connectivity index (χ2v) is 8.32. The first-order valence-corrected chi connectivity index (χ1v) is 10.7. The fourth-order valence-corrected chi connectivity index (χ4v) is 4.61. The Morgan fingerprint density at radius 2 is 1.47 bits per heavy atom. The van der Waals surface area contributed by atoms with E-state index in [-0.39, 0.29) is 5.91 Å². The first kappa shape index (κ1) is 20.2. The second kappa shape index (κ2) is 8.74. The Kier molecular flexibility index (Phi) is 5.89. The number of nitrogens with one attached hydrogen (secondary N) is 1. The molecule has 0 spiro atoms. The summed E-state index contributed by atoms with van der Waals surface area (Å²) in [6, 6.07) is 24.4. The molecule has 0 heterocycles. The third-order valence-electron chi connectivity index (χ3n) is 6.16. The monoisotopic (exact) mass is 399 g/mol. The van der Waals surface area contributed by atoms with Gasteiger partial charge in [0, 0.05) is 5.69 Å². The van der Waals surface area contributed by atoms with Gasteiger partial charge >= 0.3 is 0 Å². The van der Waals surface area contributed by atoms with Crippen molar-refractivity contribution in [3.8, 4) is 5.75 Å². The summed E-state index contributed by atoms with van der Waals surface area (Å²) < 4.78 is 6.09. The van der Waals surface area contributed by atoms with Crippen LogP contribution in [0.4, 0.5) is 5.69 Å². The third-order valence-corrected chi connectivity index (χ3v) is 6.16. The van der Waals surface area contributed by atoms with Crippen molar-refractivity contribution in [1.29, 1.82) is 0 Å². The van der Waals surface area contributed by atoms with E-state index in [4.69, 9.17) is 4.74 Å². The van der Waals surface area contributed by atoms with Crippen molar-refractivity contribution in [2.45, 2.75) is 51.6 Å². The van der Waals surface area contributed by atoms with E-state index in [1.807, 2.05) is 62.4 Å². The van der Waals surface area contributed by atoms with Gasteiger partial charge < -0.3 is 10.1 Å². The summed E-state index contributed by atoms with van der Waals surface area (Å²) in [4.78, 5) is 13.4. The predicted octanol–water partition coefficient (Wildman–Crippen LogP) is 6.33. The van der Waals surface area contributed by atoms with E-state index >= 15 is 0 Å². The minimum atomic E-state index is -0.425. The fraction of sp³-hybridized carbons (Fsp3) is 0.296. The summed E-state index contributed by atoms with van der Waals surface area (Å²) in [6.45, 7) is 4.60. The smallest absolute Gasteiger partial charge is 0.235 e. The number of hydrogen-bond acceptors (Lipinski definition) is 2. The molecule has 4 rings (SSSR count). The molecule has 0 bridgehead atoms. The second-order valence-electron chi connectivity index (χ2n) is 8.32. The van der Waals surface area contributed by atoms with Gasteiger partial charge in [0.25, 0.3) is 0 Å². The number of rotatable bonds is 6. The molecule has 1 fully saturated rings. The van der Waals surface area contributed by atoms with Crippen LogP contribution in [0.25, 0.3) is 0 Å². The molecular formula is C27H29NO2. The standard InChI is InChI=1S/C27H29NO2/c1-20-17-24(18-21(2)25(20)30-19-22-11-5-3-6-12-22)28-26(29)27(15-9-10-16-27)23-13-7-4-8-14-23/h3-8,11-14,17-18H,9-10,15-16,19H2,1-2H3,(H,28,29). The van der Waals surface area contributed by atoms with Crippen LogP contribution in [0.2, 0.25) is 0 Å². The summed E-state index contributed by atoms with van der Waals surface area (Å²) in [5, 5.41) is 3.21. The molecule has 0 radical (unpaired) electrons. The van der Waals surface area contributed by atoms with Crippen LogP contribution in [0.1, 0.15) is 47.9 Å². The van der Waals surface area contributed by atoms with Crippen molar-refractivity contribution in [3.63, 3.8) is 0 Å². The van der Waals surface area contributed by atoms with E-state index in [1.54, 1.807) is 0 Å². The van der Waals surface area contributed by atoms with Gasteiger partial charge in [0.15, 0.2) is 0 Å². The lowest BCUT2D eigenvalue weighted by atomic mass is 9.78. The van der Waals surface area contributed by atoms with E-state index in [1.165, 1.54) is 0 Å². The molecule has 1 saturated carbocycles. The van der Waals surface area contributed by atoms with Crippen LogP contribution in [0.15, 0.2) is 72.8 Å². The molecule has 30 heavy (non-hydrogen) atoms. The molecule has 3 aromatic rings. The van der Waals surface area contributed by atoms with E-state index in [0.29, 0.717) is 6.61 Å². The summed E-state index contributed by atoms with van der Waals surface area (Å²) in [7, 11) is 0. The van der Waals surface area contributed by atoms with Crippen LogP contribution in [0.3, 0.4) is 0 Å². The topological polar surface area (TPSA) is 38.3 Å². The minimum absolute atomic E-state index is 0.1000. The number of amides is 1. The van der Waals surface area contributed by atoms with Gasteiger partial charge in [-0.25, -0.2) is 0 Å². The lowest BCUT2D eigenvalue weighted by Gasteiger charge is -2.28. The molecule has 0 saturated heterocycles. The highest BCUT2D eigenvalue weighted by Gasteiger charge is 2.42. The molecule has 1 aliphatic carbocycles. The number of ether oxygens (including phenoxy) is 1. The molecule has 0 unspecified atom stereocenters. The van der Waals surface area contributed by atoms with Gasteiger partial charge in [0.05, 0.1) is 5.41 Å². The first-order chi connectivity index (χ1) is 14.6. The molecule has 3 aromatic carbocycles. The van der Waals surface area contributed by atoms with Crippen molar-refractivity contribution < 1.29 is 9.53 Å². The average molecular weight is 400 g/mol. The fourth-order valence-electron chi connectivity index (χ4n) is 4.61. The van der Waals surface area contributed by atoms with Gasteiger partial charge in [-0.05, 0) is 61.1 Å². The largest absolute Gasteiger partial charge is 0.488 e. The highest BCUT2D eigenvalue weighted by molar-refractivity contribution is 5.99. The number of benzene rings is 3. The van der Waals surface area contributed by atoms with Crippen LogP contribution in [0.5, 0.6) is 5.75 Å². The van der Waals surface area contributed by atoms with Crippen molar-refractivity contribution in [1.82, 2.24) is 0 Å². The average Bonchev–Trinajstić information content (AvgIpc) is 3.26. The van der Waals surface area contributed by atoms with E-state index < -0.39 is 5.41 Å². The van der Waals surface area contributed by atoms with E-state index in [0.717, 1.165) is 59.4 Å². The van der Waals surface area contributed by atoms with E-state index in [2.05, 4.69) is 29.6 Å². The Labute approximate surface area is 179 Å². The number of anilines is 1. The summed E-state index contributed by atoms with van der Waals surface area (Å²) >= 11 is 0. The lowest BCUT2D eigenvalue weighted by molar-refractivity contribution is -0.121. The Bertz CT molecular complexity index is 983. The highest BCUT2D eigenvalue weighted by Crippen LogP contribution is 2.42. The van der Waals surface area contributed by atoms with Gasteiger partial charge in [-0.15, -0.1) is 0 Å². The maximum absolute atomic E-state index is 13.4. The number of carbonyl (C=O) groups is 1. The van der Waals surface area contributed by atoms with E-state index in [9.17, 15) is 4.79 Å². The molecule has 0 atom stereocenters. The van der Waals surface area contributed by atoms with Gasteiger partial charge in [0.1, 0.15) is 12.4 Å². The van der Waals surface area contributed by atoms with Gasteiger partial charge in [-0.1, -0.05) is 73.5 Å². The van der Waals surface area contributed by atoms with Crippen LogP contribution in [-0.4, -0.2) is 5.91 Å². The zero-order valence-electron chi connectivity index (χ0n) is 17.8. The Balaban J connectivity index is 1.52. The molecular weight excluding hydrogens is 370 g/mol. The Morgan fingerprint density at radius 3 is 2.07 bits per heavy atom. The molecule has 3 heteroatoms. The third kappa shape index (κ3) is 4.11. The first-order valence-electron chi connectivity index (χ1n) is 10.7. The van der Waals surface area contributed by atoms with Gasteiger partial charge in [-0.3, -0.25) is 4.79 Å².